The van der Waals surface area contributed by atoms with Crippen molar-refractivity contribution in [2.45, 2.75) is 26.3 Å². The lowest BCUT2D eigenvalue weighted by atomic mass is 10.1. The zero-order valence-electron chi connectivity index (χ0n) is 13.3. The number of nitrogens with one attached hydrogen (secondary N) is 1. The molecule has 2 aromatic rings. The lowest BCUT2D eigenvalue weighted by Crippen LogP contribution is -2.40. The maximum atomic E-state index is 13.7. The van der Waals surface area contributed by atoms with E-state index in [1.807, 2.05) is 50.2 Å². The molecule has 0 bridgehead atoms. The summed E-state index contributed by atoms with van der Waals surface area (Å²) >= 11 is 0. The number of benzene rings is 2. The summed E-state index contributed by atoms with van der Waals surface area (Å²) in [5.41, 5.74) is 0. The molecule has 0 radical (unpaired) electrons. The Bertz CT molecular complexity index is 642. The quantitative estimate of drug-likeness (QED) is 0.766. The van der Waals surface area contributed by atoms with Gasteiger partial charge in [0.25, 0.3) is 0 Å². The minimum Gasteiger partial charge on any atom is -0.480 e. The molecule has 122 valence electrons. The van der Waals surface area contributed by atoms with Crippen LogP contribution in [-0.2, 0) is 9.36 Å². The summed E-state index contributed by atoms with van der Waals surface area (Å²) in [6, 6.07) is 17.2. The molecular weight excluding hydrogens is 309 g/mol. The molecule has 2 N–H and O–H groups in total. The molecule has 4 nitrogen and oxygen atoms in total. The highest BCUT2D eigenvalue weighted by molar-refractivity contribution is 7.77. The minimum absolute atomic E-state index is 0.184. The molecule has 2 aromatic carbocycles. The monoisotopic (exact) mass is 331 g/mol. The van der Waals surface area contributed by atoms with Crippen LogP contribution in [0.25, 0.3) is 0 Å². The predicted octanol–water partition coefficient (Wildman–Crippen LogP) is 3.00. The standard InChI is InChI=1S/C18H22NO3P/c1-14(2)13-17(18(20)21)19-23(22,15-9-5-3-6-10-15)16-11-7-4-8-12-16/h3-12,14,17H,13H2,1-2H3,(H,19,22)(H,20,21)/t17-/m0/s1. The molecule has 0 amide bonds. The van der Waals surface area contributed by atoms with Gasteiger partial charge in [-0.05, 0) is 36.6 Å². The van der Waals surface area contributed by atoms with Crippen molar-refractivity contribution in [3.63, 3.8) is 0 Å². The first-order valence-electron chi connectivity index (χ1n) is 7.65. The molecule has 0 aliphatic heterocycles. The largest absolute Gasteiger partial charge is 0.480 e. The summed E-state index contributed by atoms with van der Waals surface area (Å²) in [5, 5.41) is 13.7. The summed E-state index contributed by atoms with van der Waals surface area (Å²) in [7, 11) is -3.22. The zero-order valence-corrected chi connectivity index (χ0v) is 14.2. The first-order valence-corrected chi connectivity index (χ1v) is 9.36. The molecule has 5 heteroatoms. The SMILES string of the molecule is CC(C)C[C@H](NP(=O)(c1ccccc1)c1ccccc1)C(=O)O. The second kappa shape index (κ2) is 7.58. The van der Waals surface area contributed by atoms with Gasteiger partial charge in [-0.2, -0.15) is 0 Å². The predicted molar refractivity (Wildman–Crippen MR) is 93.8 cm³/mol. The van der Waals surface area contributed by atoms with Crippen molar-refractivity contribution in [1.82, 2.24) is 5.09 Å². The van der Waals surface area contributed by atoms with Crippen LogP contribution in [0, 0.1) is 5.92 Å². The Morgan fingerprint density at radius 1 is 1.00 bits per heavy atom. The highest BCUT2D eigenvalue weighted by Gasteiger charge is 2.33. The molecule has 0 saturated heterocycles. The molecule has 0 unspecified atom stereocenters. The third-order valence-corrected chi connectivity index (χ3v) is 6.31. The van der Waals surface area contributed by atoms with E-state index in [4.69, 9.17) is 0 Å². The van der Waals surface area contributed by atoms with E-state index < -0.39 is 19.3 Å². The van der Waals surface area contributed by atoms with Crippen molar-refractivity contribution in [2.24, 2.45) is 5.92 Å². The van der Waals surface area contributed by atoms with Gasteiger partial charge in [0.1, 0.15) is 6.04 Å². The number of carbonyl (C=O) groups is 1. The minimum atomic E-state index is -3.22. The van der Waals surface area contributed by atoms with Crippen LogP contribution in [0.1, 0.15) is 20.3 Å². The third-order valence-electron chi connectivity index (χ3n) is 3.58. The van der Waals surface area contributed by atoms with Crippen LogP contribution >= 0.6 is 7.29 Å². The van der Waals surface area contributed by atoms with Gasteiger partial charge < -0.3 is 5.11 Å². The highest BCUT2D eigenvalue weighted by atomic mass is 31.2. The summed E-state index contributed by atoms with van der Waals surface area (Å²) in [6.07, 6.45) is 0.416. The molecule has 0 heterocycles. The van der Waals surface area contributed by atoms with Gasteiger partial charge in [-0.25, -0.2) is 5.09 Å². The number of rotatable bonds is 7. The first-order chi connectivity index (χ1) is 10.9. The normalized spacial score (nSPS) is 13.0. The van der Waals surface area contributed by atoms with Crippen molar-refractivity contribution >= 4 is 23.9 Å². The van der Waals surface area contributed by atoms with E-state index in [0.29, 0.717) is 17.0 Å². The van der Waals surface area contributed by atoms with E-state index in [1.165, 1.54) is 0 Å². The fraction of sp³-hybridized carbons (Fsp3) is 0.278. The van der Waals surface area contributed by atoms with Crippen molar-refractivity contribution in [3.8, 4) is 0 Å². The number of hydrogen-bond donors (Lipinski definition) is 2. The maximum absolute atomic E-state index is 13.7. The van der Waals surface area contributed by atoms with Crippen LogP contribution in [0.3, 0.4) is 0 Å². The smallest absolute Gasteiger partial charge is 0.321 e. The summed E-state index contributed by atoms with van der Waals surface area (Å²) in [6.45, 7) is 3.90. The molecule has 0 aliphatic carbocycles. The second-order valence-corrected chi connectivity index (χ2v) is 8.44. The molecule has 0 spiro atoms. The lowest BCUT2D eigenvalue weighted by Gasteiger charge is -2.25. The topological polar surface area (TPSA) is 66.4 Å². The van der Waals surface area contributed by atoms with Gasteiger partial charge in [0, 0.05) is 10.6 Å². The van der Waals surface area contributed by atoms with E-state index in [1.54, 1.807) is 24.3 Å². The Morgan fingerprint density at radius 2 is 1.43 bits per heavy atom. The van der Waals surface area contributed by atoms with Crippen LogP contribution < -0.4 is 15.7 Å². The van der Waals surface area contributed by atoms with Gasteiger partial charge in [0.2, 0.25) is 7.29 Å². The van der Waals surface area contributed by atoms with Crippen LogP contribution in [0.4, 0.5) is 0 Å². The molecular formula is C18H22NO3P. The average molecular weight is 331 g/mol. The van der Waals surface area contributed by atoms with Gasteiger partial charge in [0.15, 0.2) is 0 Å². The number of carboxylic acid groups (broad SMARTS) is 1. The molecule has 0 aromatic heterocycles. The van der Waals surface area contributed by atoms with Crippen molar-refractivity contribution in [2.75, 3.05) is 0 Å². The van der Waals surface area contributed by atoms with Crippen LogP contribution in [0.5, 0.6) is 0 Å². The van der Waals surface area contributed by atoms with Gasteiger partial charge in [-0.3, -0.25) is 9.36 Å². The molecule has 1 atom stereocenters. The Labute approximate surface area is 137 Å². The Morgan fingerprint density at radius 3 is 1.78 bits per heavy atom. The van der Waals surface area contributed by atoms with Crippen LogP contribution in [-0.4, -0.2) is 17.1 Å². The Hall–Kier alpha value is -1.90. The van der Waals surface area contributed by atoms with Crippen LogP contribution in [0.2, 0.25) is 0 Å². The number of carboxylic acids is 1. The van der Waals surface area contributed by atoms with Gasteiger partial charge in [-0.1, -0.05) is 50.2 Å². The molecule has 0 fully saturated rings. The van der Waals surface area contributed by atoms with Gasteiger partial charge >= 0.3 is 5.97 Å². The third kappa shape index (κ3) is 4.31. The molecule has 0 saturated carbocycles. The van der Waals surface area contributed by atoms with E-state index in [0.717, 1.165) is 0 Å². The zero-order chi connectivity index (χ0) is 16.9. The van der Waals surface area contributed by atoms with E-state index >= 15 is 0 Å². The summed E-state index contributed by atoms with van der Waals surface area (Å²) < 4.78 is 13.7. The fourth-order valence-electron chi connectivity index (χ4n) is 2.47. The lowest BCUT2D eigenvalue weighted by molar-refractivity contribution is -0.139. The number of aliphatic carboxylic acids is 1. The highest BCUT2D eigenvalue weighted by Crippen LogP contribution is 2.39. The van der Waals surface area contributed by atoms with Gasteiger partial charge in [0.05, 0.1) is 0 Å². The van der Waals surface area contributed by atoms with E-state index in [-0.39, 0.29) is 5.92 Å². The van der Waals surface area contributed by atoms with E-state index in [9.17, 15) is 14.5 Å². The van der Waals surface area contributed by atoms with Gasteiger partial charge in [-0.15, -0.1) is 0 Å². The summed E-state index contributed by atoms with van der Waals surface area (Å²) in [5.74, 6) is -0.797. The van der Waals surface area contributed by atoms with Crippen molar-refractivity contribution in [3.05, 3.63) is 60.7 Å². The molecule has 23 heavy (non-hydrogen) atoms. The fourth-order valence-corrected chi connectivity index (χ4v) is 4.91. The van der Waals surface area contributed by atoms with Crippen molar-refractivity contribution < 1.29 is 14.5 Å². The average Bonchev–Trinajstić information content (AvgIpc) is 2.55. The maximum Gasteiger partial charge on any atom is 0.321 e. The summed E-state index contributed by atoms with van der Waals surface area (Å²) in [4.78, 5) is 11.6. The first kappa shape index (κ1) is 17.5. The molecule has 0 aliphatic rings. The van der Waals surface area contributed by atoms with Crippen molar-refractivity contribution in [1.29, 1.82) is 0 Å². The Balaban J connectivity index is 2.46. The second-order valence-electron chi connectivity index (χ2n) is 5.93. The number of hydrogen-bond acceptors (Lipinski definition) is 2. The van der Waals surface area contributed by atoms with Crippen LogP contribution in [0.15, 0.2) is 60.7 Å². The van der Waals surface area contributed by atoms with E-state index in [2.05, 4.69) is 5.09 Å². The Kier molecular flexibility index (Phi) is 5.75. The molecule has 2 rings (SSSR count).